The van der Waals surface area contributed by atoms with Crippen molar-refractivity contribution >= 4 is 21.5 Å². The summed E-state index contributed by atoms with van der Waals surface area (Å²) in [6, 6.07) is 3.94. The van der Waals surface area contributed by atoms with Gasteiger partial charge in [-0.3, -0.25) is 9.40 Å². The normalized spacial score (nSPS) is 11.6. The first kappa shape index (κ1) is 14.3. The van der Waals surface area contributed by atoms with Gasteiger partial charge < -0.3 is 5.73 Å². The van der Waals surface area contributed by atoms with Crippen LogP contribution in [-0.4, -0.2) is 18.2 Å². The number of anilines is 2. The number of rotatable bonds is 4. The first-order chi connectivity index (χ1) is 9.31. The molecule has 108 valence electrons. The molecule has 8 heteroatoms. The Morgan fingerprint density at radius 1 is 1.40 bits per heavy atom. The molecule has 1 aromatic heterocycles. The summed E-state index contributed by atoms with van der Waals surface area (Å²) in [7, 11) is -3.89. The van der Waals surface area contributed by atoms with Crippen molar-refractivity contribution in [2.45, 2.75) is 25.3 Å². The number of hydrogen-bond acceptors (Lipinski definition) is 4. The maximum absolute atomic E-state index is 13.3. The molecule has 0 fully saturated rings. The molecule has 0 saturated carbocycles. The highest BCUT2D eigenvalue weighted by molar-refractivity contribution is 7.92. The van der Waals surface area contributed by atoms with Gasteiger partial charge in [-0.1, -0.05) is 0 Å². The second-order valence-electron chi connectivity index (χ2n) is 4.36. The van der Waals surface area contributed by atoms with Crippen LogP contribution in [-0.2, 0) is 16.6 Å². The molecule has 3 N–H and O–H groups in total. The van der Waals surface area contributed by atoms with Gasteiger partial charge in [-0.25, -0.2) is 12.8 Å². The molecule has 0 spiro atoms. The van der Waals surface area contributed by atoms with Gasteiger partial charge in [0, 0.05) is 12.7 Å². The molecule has 0 unspecified atom stereocenters. The van der Waals surface area contributed by atoms with Crippen LogP contribution in [0.15, 0.2) is 29.3 Å². The standard InChI is InChI=1S/C12H15FN4O2S/c1-3-17-7-11(12(14)15-17)20(18,19)16-10-5-8(2)4-9(13)6-10/h4-7,16H,3H2,1-2H3,(H2,14,15). The smallest absolute Gasteiger partial charge is 0.267 e. The van der Waals surface area contributed by atoms with Crippen LogP contribution in [0.4, 0.5) is 15.9 Å². The van der Waals surface area contributed by atoms with Crippen molar-refractivity contribution in [1.82, 2.24) is 9.78 Å². The molecule has 20 heavy (non-hydrogen) atoms. The van der Waals surface area contributed by atoms with Crippen LogP contribution in [0, 0.1) is 12.7 Å². The van der Waals surface area contributed by atoms with Crippen LogP contribution in [0.25, 0.3) is 0 Å². The zero-order chi connectivity index (χ0) is 14.9. The third-order valence-electron chi connectivity index (χ3n) is 2.66. The SMILES string of the molecule is CCn1cc(S(=O)(=O)Nc2cc(C)cc(F)c2)c(N)n1. The minimum atomic E-state index is -3.89. The van der Waals surface area contributed by atoms with Gasteiger partial charge in [0.15, 0.2) is 5.82 Å². The summed E-state index contributed by atoms with van der Waals surface area (Å²) in [6.07, 6.45) is 1.34. The van der Waals surface area contributed by atoms with Crippen LogP contribution in [0.1, 0.15) is 12.5 Å². The van der Waals surface area contributed by atoms with Crippen molar-refractivity contribution in [3.05, 3.63) is 35.8 Å². The molecule has 0 bridgehead atoms. The Balaban J connectivity index is 2.37. The molecular weight excluding hydrogens is 283 g/mol. The fourth-order valence-corrected chi connectivity index (χ4v) is 2.91. The summed E-state index contributed by atoms with van der Waals surface area (Å²) in [5.74, 6) is -0.604. The zero-order valence-electron chi connectivity index (χ0n) is 11.1. The second kappa shape index (κ2) is 5.12. The average molecular weight is 298 g/mol. The van der Waals surface area contributed by atoms with Crippen molar-refractivity contribution in [3.8, 4) is 0 Å². The van der Waals surface area contributed by atoms with E-state index in [4.69, 9.17) is 5.73 Å². The number of aromatic nitrogens is 2. The lowest BCUT2D eigenvalue weighted by Gasteiger charge is -2.07. The van der Waals surface area contributed by atoms with Crippen LogP contribution in [0.5, 0.6) is 0 Å². The molecule has 6 nitrogen and oxygen atoms in total. The number of halogens is 1. The van der Waals surface area contributed by atoms with Crippen LogP contribution in [0.2, 0.25) is 0 Å². The number of sulfonamides is 1. The van der Waals surface area contributed by atoms with E-state index < -0.39 is 15.8 Å². The van der Waals surface area contributed by atoms with Crippen molar-refractivity contribution in [2.24, 2.45) is 0 Å². The Hall–Kier alpha value is -2.09. The van der Waals surface area contributed by atoms with E-state index in [2.05, 4.69) is 9.82 Å². The van der Waals surface area contributed by atoms with E-state index in [0.717, 1.165) is 6.07 Å². The number of nitrogens with zero attached hydrogens (tertiary/aromatic N) is 2. The number of nitrogen functional groups attached to an aromatic ring is 1. The topological polar surface area (TPSA) is 90.0 Å². The molecule has 2 rings (SSSR count). The van der Waals surface area contributed by atoms with E-state index >= 15 is 0 Å². The third-order valence-corrected chi connectivity index (χ3v) is 4.06. The van der Waals surface area contributed by atoms with Crippen LogP contribution >= 0.6 is 0 Å². The van der Waals surface area contributed by atoms with E-state index in [0.29, 0.717) is 12.1 Å². The molecule has 2 aromatic rings. The molecule has 0 atom stereocenters. The largest absolute Gasteiger partial charge is 0.381 e. The Bertz CT molecular complexity index is 720. The lowest BCUT2D eigenvalue weighted by Crippen LogP contribution is -2.14. The molecule has 0 radical (unpaired) electrons. The number of benzene rings is 1. The zero-order valence-corrected chi connectivity index (χ0v) is 11.9. The molecular formula is C12H15FN4O2S. The monoisotopic (exact) mass is 298 g/mol. The summed E-state index contributed by atoms with van der Waals surface area (Å²) in [5.41, 5.74) is 6.35. The minimum Gasteiger partial charge on any atom is -0.381 e. The lowest BCUT2D eigenvalue weighted by atomic mass is 10.2. The maximum Gasteiger partial charge on any atom is 0.267 e. The predicted octanol–water partition coefficient (Wildman–Crippen LogP) is 1.73. The number of nitrogens with two attached hydrogens (primary N) is 1. The van der Waals surface area contributed by atoms with Crippen LogP contribution < -0.4 is 10.5 Å². The molecule has 1 aromatic carbocycles. The number of hydrogen-bond donors (Lipinski definition) is 2. The van der Waals surface area contributed by atoms with Gasteiger partial charge >= 0.3 is 0 Å². The summed E-state index contributed by atoms with van der Waals surface area (Å²) >= 11 is 0. The second-order valence-corrected chi connectivity index (χ2v) is 6.01. The Morgan fingerprint density at radius 3 is 2.65 bits per heavy atom. The summed E-state index contributed by atoms with van der Waals surface area (Å²) < 4.78 is 41.4. The first-order valence-corrected chi connectivity index (χ1v) is 7.43. The van der Waals surface area contributed by atoms with Crippen molar-refractivity contribution in [2.75, 3.05) is 10.5 Å². The quantitative estimate of drug-likeness (QED) is 0.899. The Labute approximate surface area is 116 Å². The summed E-state index contributed by atoms with van der Waals surface area (Å²) in [5, 5.41) is 3.87. The van der Waals surface area contributed by atoms with Crippen molar-refractivity contribution in [1.29, 1.82) is 0 Å². The predicted molar refractivity (Wildman–Crippen MR) is 74.3 cm³/mol. The van der Waals surface area contributed by atoms with E-state index in [1.807, 2.05) is 6.92 Å². The molecule has 0 amide bonds. The highest BCUT2D eigenvalue weighted by Crippen LogP contribution is 2.21. The third kappa shape index (κ3) is 2.90. The van der Waals surface area contributed by atoms with Crippen molar-refractivity contribution in [3.63, 3.8) is 0 Å². The lowest BCUT2D eigenvalue weighted by molar-refractivity contribution is 0.600. The van der Waals surface area contributed by atoms with Crippen molar-refractivity contribution < 1.29 is 12.8 Å². The molecule has 1 heterocycles. The fraction of sp³-hybridized carbons (Fsp3) is 0.250. The van der Waals surface area contributed by atoms with Gasteiger partial charge in [0.1, 0.15) is 10.7 Å². The molecule has 0 saturated heterocycles. The van der Waals surface area contributed by atoms with E-state index in [1.165, 1.54) is 23.0 Å². The number of aryl methyl sites for hydroxylation is 2. The first-order valence-electron chi connectivity index (χ1n) is 5.95. The van der Waals surface area contributed by atoms with Gasteiger partial charge in [0.2, 0.25) is 0 Å². The van der Waals surface area contributed by atoms with E-state index in [9.17, 15) is 12.8 Å². The summed E-state index contributed by atoms with van der Waals surface area (Å²) in [4.78, 5) is -0.124. The molecule has 0 aliphatic carbocycles. The Morgan fingerprint density at radius 2 is 2.10 bits per heavy atom. The van der Waals surface area contributed by atoms with Gasteiger partial charge in [0.05, 0.1) is 5.69 Å². The van der Waals surface area contributed by atoms with E-state index in [1.54, 1.807) is 6.92 Å². The maximum atomic E-state index is 13.3. The van der Waals surface area contributed by atoms with Crippen LogP contribution in [0.3, 0.4) is 0 Å². The highest BCUT2D eigenvalue weighted by Gasteiger charge is 2.21. The van der Waals surface area contributed by atoms with Gasteiger partial charge in [-0.05, 0) is 37.6 Å². The molecule has 0 aliphatic rings. The van der Waals surface area contributed by atoms with Gasteiger partial charge in [0.25, 0.3) is 10.0 Å². The van der Waals surface area contributed by atoms with Gasteiger partial charge in [-0.2, -0.15) is 5.10 Å². The fourth-order valence-electron chi connectivity index (χ4n) is 1.79. The minimum absolute atomic E-state index is 0.0903. The van der Waals surface area contributed by atoms with E-state index in [-0.39, 0.29) is 16.4 Å². The van der Waals surface area contributed by atoms with Gasteiger partial charge in [-0.15, -0.1) is 0 Å². The summed E-state index contributed by atoms with van der Waals surface area (Å²) in [6.45, 7) is 3.98. The Kier molecular flexibility index (Phi) is 3.67. The highest BCUT2D eigenvalue weighted by atomic mass is 32.2. The molecule has 0 aliphatic heterocycles. The average Bonchev–Trinajstić information content (AvgIpc) is 2.69. The number of nitrogens with one attached hydrogen (secondary N) is 1.